The molecule has 0 fully saturated rings. The van der Waals surface area contributed by atoms with E-state index in [9.17, 15) is 0 Å². The smallest absolute Gasteiger partial charge is 0.191 e. The van der Waals surface area contributed by atoms with Crippen LogP contribution < -0.4 is 15.4 Å². The molecule has 4 nitrogen and oxygen atoms in total. The van der Waals surface area contributed by atoms with Gasteiger partial charge in [0, 0.05) is 24.6 Å². The fourth-order valence-electron chi connectivity index (χ4n) is 1.98. The molecular weight excluding hydrogens is 342 g/mol. The van der Waals surface area contributed by atoms with E-state index in [1.54, 1.807) is 14.2 Å². The summed E-state index contributed by atoms with van der Waals surface area (Å²) in [6.45, 7) is 1.43. The maximum absolute atomic E-state index is 5.15. The van der Waals surface area contributed by atoms with Crippen molar-refractivity contribution < 1.29 is 4.74 Å². The van der Waals surface area contributed by atoms with Gasteiger partial charge in [-0.05, 0) is 35.4 Å². The molecule has 0 amide bonds. The van der Waals surface area contributed by atoms with Gasteiger partial charge in [-0.2, -0.15) is 0 Å². The number of rotatable bonds is 5. The Kier molecular flexibility index (Phi) is 6.27. The Morgan fingerprint density at radius 2 is 1.73 bits per heavy atom. The molecule has 5 heteroatoms. The van der Waals surface area contributed by atoms with Crippen molar-refractivity contribution in [3.05, 3.63) is 64.1 Å². The van der Waals surface area contributed by atoms with Gasteiger partial charge in [0.25, 0.3) is 0 Å². The van der Waals surface area contributed by atoms with Crippen LogP contribution in [0, 0.1) is 0 Å². The molecule has 0 aromatic heterocycles. The number of hydrogen-bond donors (Lipinski definition) is 2. The number of benzene rings is 2. The van der Waals surface area contributed by atoms with E-state index in [0.717, 1.165) is 22.7 Å². The van der Waals surface area contributed by atoms with Gasteiger partial charge < -0.3 is 15.4 Å². The summed E-state index contributed by atoms with van der Waals surface area (Å²) in [6.07, 6.45) is 0. The lowest BCUT2D eigenvalue weighted by Crippen LogP contribution is -2.36. The van der Waals surface area contributed by atoms with Crippen molar-refractivity contribution in [3.8, 4) is 5.75 Å². The van der Waals surface area contributed by atoms with E-state index in [1.165, 1.54) is 11.1 Å². The van der Waals surface area contributed by atoms with E-state index < -0.39 is 0 Å². The zero-order chi connectivity index (χ0) is 15.8. The number of ether oxygens (including phenoxy) is 1. The first-order chi connectivity index (χ1) is 10.7. The topological polar surface area (TPSA) is 45.7 Å². The maximum Gasteiger partial charge on any atom is 0.191 e. The van der Waals surface area contributed by atoms with Gasteiger partial charge in [0.1, 0.15) is 5.75 Å². The average molecular weight is 362 g/mol. The van der Waals surface area contributed by atoms with E-state index in [0.29, 0.717) is 6.54 Å². The van der Waals surface area contributed by atoms with Gasteiger partial charge in [-0.1, -0.05) is 40.2 Å². The Bertz CT molecular complexity index is 626. The summed E-state index contributed by atoms with van der Waals surface area (Å²) in [4.78, 5) is 4.23. The molecule has 0 aliphatic heterocycles. The Balaban J connectivity index is 1.84. The van der Waals surface area contributed by atoms with Crippen molar-refractivity contribution in [2.24, 2.45) is 4.99 Å². The molecule has 2 N–H and O–H groups in total. The molecule has 0 saturated carbocycles. The average Bonchev–Trinajstić information content (AvgIpc) is 2.55. The minimum absolute atomic E-state index is 0.710. The third kappa shape index (κ3) is 5.07. The second-order valence-corrected chi connectivity index (χ2v) is 5.67. The minimum Gasteiger partial charge on any atom is -0.497 e. The van der Waals surface area contributed by atoms with Crippen LogP contribution in [0.1, 0.15) is 11.1 Å². The molecule has 2 rings (SSSR count). The summed E-state index contributed by atoms with van der Waals surface area (Å²) in [5.41, 5.74) is 2.37. The molecule has 2 aromatic carbocycles. The van der Waals surface area contributed by atoms with Crippen molar-refractivity contribution in [2.75, 3.05) is 14.2 Å². The third-order valence-electron chi connectivity index (χ3n) is 3.19. The molecule has 0 bridgehead atoms. The highest BCUT2D eigenvalue weighted by Gasteiger charge is 2.00. The molecule has 116 valence electrons. The van der Waals surface area contributed by atoms with Crippen LogP contribution in [-0.2, 0) is 13.1 Å². The highest BCUT2D eigenvalue weighted by Crippen LogP contribution is 2.12. The normalized spacial score (nSPS) is 11.1. The summed E-state index contributed by atoms with van der Waals surface area (Å²) in [5.74, 6) is 1.64. The molecule has 0 heterocycles. The number of guanidine groups is 1. The standard InChI is InChI=1S/C17H20BrN3O/c1-19-17(21-12-14-4-3-5-15(18)10-14)20-11-13-6-8-16(22-2)9-7-13/h3-10H,11-12H2,1-2H3,(H2,19,20,21). The number of aliphatic imine (C=N–C) groups is 1. The number of methoxy groups -OCH3 is 1. The summed E-state index contributed by atoms with van der Waals surface area (Å²) < 4.78 is 6.23. The summed E-state index contributed by atoms with van der Waals surface area (Å²) >= 11 is 3.48. The molecule has 22 heavy (non-hydrogen) atoms. The zero-order valence-corrected chi connectivity index (χ0v) is 14.4. The number of nitrogens with zero attached hydrogens (tertiary/aromatic N) is 1. The molecule has 0 saturated heterocycles. The molecule has 0 aliphatic carbocycles. The predicted octanol–water partition coefficient (Wildman–Crippen LogP) is 3.32. The number of nitrogens with one attached hydrogen (secondary N) is 2. The van der Waals surface area contributed by atoms with E-state index >= 15 is 0 Å². The lowest BCUT2D eigenvalue weighted by atomic mass is 10.2. The Labute approximate surface area is 139 Å². The Morgan fingerprint density at radius 1 is 1.05 bits per heavy atom. The summed E-state index contributed by atoms with van der Waals surface area (Å²) in [5, 5.41) is 6.59. The second kappa shape index (κ2) is 8.44. The number of halogens is 1. The van der Waals surface area contributed by atoms with E-state index in [2.05, 4.69) is 43.7 Å². The van der Waals surface area contributed by atoms with Gasteiger partial charge in [-0.3, -0.25) is 4.99 Å². The Morgan fingerprint density at radius 3 is 2.32 bits per heavy atom. The quantitative estimate of drug-likeness (QED) is 0.634. The SMILES string of the molecule is CN=C(NCc1ccc(OC)cc1)NCc1cccc(Br)c1. The largest absolute Gasteiger partial charge is 0.497 e. The van der Waals surface area contributed by atoms with E-state index in [1.807, 2.05) is 36.4 Å². The minimum atomic E-state index is 0.710. The predicted molar refractivity (Wildman–Crippen MR) is 94.2 cm³/mol. The highest BCUT2D eigenvalue weighted by atomic mass is 79.9. The lowest BCUT2D eigenvalue weighted by Gasteiger charge is -2.12. The second-order valence-electron chi connectivity index (χ2n) is 4.76. The van der Waals surface area contributed by atoms with Crippen LogP contribution in [0.3, 0.4) is 0 Å². The van der Waals surface area contributed by atoms with Gasteiger partial charge in [-0.25, -0.2) is 0 Å². The van der Waals surface area contributed by atoms with Gasteiger partial charge in [0.05, 0.1) is 7.11 Å². The lowest BCUT2D eigenvalue weighted by molar-refractivity contribution is 0.414. The van der Waals surface area contributed by atoms with Gasteiger partial charge >= 0.3 is 0 Å². The fraction of sp³-hybridized carbons (Fsp3) is 0.235. The molecule has 0 unspecified atom stereocenters. The first-order valence-electron chi connectivity index (χ1n) is 7.03. The van der Waals surface area contributed by atoms with E-state index in [-0.39, 0.29) is 0 Å². The van der Waals surface area contributed by atoms with Crippen molar-refractivity contribution in [1.29, 1.82) is 0 Å². The molecule has 0 radical (unpaired) electrons. The first-order valence-corrected chi connectivity index (χ1v) is 7.82. The molecular formula is C17H20BrN3O. The van der Waals surface area contributed by atoms with Crippen LogP contribution in [0.5, 0.6) is 5.75 Å². The van der Waals surface area contributed by atoms with Gasteiger partial charge in [-0.15, -0.1) is 0 Å². The zero-order valence-electron chi connectivity index (χ0n) is 12.8. The molecule has 0 atom stereocenters. The van der Waals surface area contributed by atoms with Crippen molar-refractivity contribution in [3.63, 3.8) is 0 Å². The highest BCUT2D eigenvalue weighted by molar-refractivity contribution is 9.10. The monoisotopic (exact) mass is 361 g/mol. The maximum atomic E-state index is 5.15. The summed E-state index contributed by atoms with van der Waals surface area (Å²) in [7, 11) is 3.44. The van der Waals surface area contributed by atoms with Crippen LogP contribution in [0.2, 0.25) is 0 Å². The fourth-order valence-corrected chi connectivity index (χ4v) is 2.43. The summed E-state index contributed by atoms with van der Waals surface area (Å²) in [6, 6.07) is 16.2. The third-order valence-corrected chi connectivity index (χ3v) is 3.68. The van der Waals surface area contributed by atoms with Crippen LogP contribution in [0.25, 0.3) is 0 Å². The number of hydrogen-bond acceptors (Lipinski definition) is 2. The first kappa shape index (κ1) is 16.4. The molecule has 0 spiro atoms. The van der Waals surface area contributed by atoms with Gasteiger partial charge in [0.15, 0.2) is 5.96 Å². The van der Waals surface area contributed by atoms with Crippen molar-refractivity contribution >= 4 is 21.9 Å². The van der Waals surface area contributed by atoms with Crippen LogP contribution >= 0.6 is 15.9 Å². The van der Waals surface area contributed by atoms with Crippen molar-refractivity contribution in [2.45, 2.75) is 13.1 Å². The molecule has 2 aromatic rings. The van der Waals surface area contributed by atoms with Gasteiger partial charge in [0.2, 0.25) is 0 Å². The van der Waals surface area contributed by atoms with Crippen LogP contribution in [0.15, 0.2) is 58.0 Å². The Hall–Kier alpha value is -2.01. The van der Waals surface area contributed by atoms with E-state index in [4.69, 9.17) is 4.74 Å². The van der Waals surface area contributed by atoms with Crippen molar-refractivity contribution in [1.82, 2.24) is 10.6 Å². The van der Waals surface area contributed by atoms with Crippen LogP contribution in [0.4, 0.5) is 0 Å². The molecule has 0 aliphatic rings. The van der Waals surface area contributed by atoms with Crippen LogP contribution in [-0.4, -0.2) is 20.1 Å².